The summed E-state index contributed by atoms with van der Waals surface area (Å²) in [7, 11) is 1.96. The quantitative estimate of drug-likeness (QED) is 0.876. The molecule has 21 heavy (non-hydrogen) atoms. The zero-order valence-electron chi connectivity index (χ0n) is 13.3. The van der Waals surface area contributed by atoms with Gasteiger partial charge in [-0.05, 0) is 44.5 Å². The summed E-state index contributed by atoms with van der Waals surface area (Å²) in [5, 5.41) is 3.37. The molecule has 0 fully saturated rings. The molecule has 3 heteroatoms. The van der Waals surface area contributed by atoms with Gasteiger partial charge in [0.05, 0.1) is 18.3 Å². The fraction of sp³-hybridized carbons (Fsp3) is 0.389. The molecular weight excluding hydrogens is 260 g/mol. The first kappa shape index (κ1) is 15.5. The highest BCUT2D eigenvalue weighted by molar-refractivity contribution is 5.42. The van der Waals surface area contributed by atoms with Crippen molar-refractivity contribution in [2.45, 2.75) is 33.2 Å². The van der Waals surface area contributed by atoms with Crippen LogP contribution in [0.1, 0.15) is 41.8 Å². The molecule has 0 bridgehead atoms. The smallest absolute Gasteiger partial charge is 0.124 e. The Kier molecular flexibility index (Phi) is 5.34. The second-order valence-corrected chi connectivity index (χ2v) is 5.32. The van der Waals surface area contributed by atoms with Gasteiger partial charge in [-0.15, -0.1) is 0 Å². The Morgan fingerprint density at radius 3 is 2.67 bits per heavy atom. The van der Waals surface area contributed by atoms with Gasteiger partial charge in [0.1, 0.15) is 5.75 Å². The van der Waals surface area contributed by atoms with E-state index in [1.165, 1.54) is 11.1 Å². The number of aromatic nitrogens is 1. The van der Waals surface area contributed by atoms with Crippen LogP contribution in [0.15, 0.2) is 36.5 Å². The molecule has 0 amide bonds. The number of hydrogen-bond acceptors (Lipinski definition) is 3. The van der Waals surface area contributed by atoms with Gasteiger partial charge in [-0.3, -0.25) is 4.98 Å². The molecule has 0 aliphatic carbocycles. The summed E-state index contributed by atoms with van der Waals surface area (Å²) < 4.78 is 5.89. The van der Waals surface area contributed by atoms with E-state index in [4.69, 9.17) is 4.74 Å². The minimum Gasteiger partial charge on any atom is -0.493 e. The number of aryl methyl sites for hydroxylation is 2. The molecule has 0 aliphatic heterocycles. The van der Waals surface area contributed by atoms with Gasteiger partial charge in [0.15, 0.2) is 0 Å². The maximum Gasteiger partial charge on any atom is 0.124 e. The third-order valence-electron chi connectivity index (χ3n) is 3.51. The molecule has 0 radical (unpaired) electrons. The molecule has 1 atom stereocenters. The maximum atomic E-state index is 5.89. The van der Waals surface area contributed by atoms with Crippen LogP contribution in [0.3, 0.4) is 0 Å². The fourth-order valence-electron chi connectivity index (χ4n) is 2.53. The average molecular weight is 284 g/mol. The molecular formula is C18H24N2O. The van der Waals surface area contributed by atoms with Crippen LogP contribution in [-0.4, -0.2) is 18.6 Å². The lowest BCUT2D eigenvalue weighted by Gasteiger charge is -2.21. The number of pyridine rings is 1. The average Bonchev–Trinajstić information content (AvgIpc) is 2.49. The van der Waals surface area contributed by atoms with Crippen molar-refractivity contribution in [2.75, 3.05) is 13.7 Å². The summed E-state index contributed by atoms with van der Waals surface area (Å²) in [6.07, 6.45) is 2.92. The number of nitrogens with one attached hydrogen (secondary N) is 1. The van der Waals surface area contributed by atoms with Gasteiger partial charge < -0.3 is 10.1 Å². The molecule has 0 spiro atoms. The zero-order chi connectivity index (χ0) is 15.2. The highest BCUT2D eigenvalue weighted by Crippen LogP contribution is 2.30. The topological polar surface area (TPSA) is 34.1 Å². The van der Waals surface area contributed by atoms with Crippen molar-refractivity contribution in [2.24, 2.45) is 0 Å². The van der Waals surface area contributed by atoms with E-state index in [2.05, 4.69) is 43.2 Å². The van der Waals surface area contributed by atoms with Gasteiger partial charge in [-0.25, -0.2) is 0 Å². The van der Waals surface area contributed by atoms with Gasteiger partial charge in [-0.1, -0.05) is 31.2 Å². The van der Waals surface area contributed by atoms with E-state index in [0.717, 1.165) is 30.0 Å². The third kappa shape index (κ3) is 3.61. The van der Waals surface area contributed by atoms with Crippen LogP contribution in [-0.2, 0) is 0 Å². The van der Waals surface area contributed by atoms with Gasteiger partial charge in [0.2, 0.25) is 0 Å². The Balaban J connectivity index is 2.41. The SMILES string of the molecule is CCCOc1ccccc1C(NC)c1ncc(C)cc1C. The standard InChI is InChI=1S/C18H24N2O/c1-5-10-21-16-9-7-6-8-15(16)18(19-4)17-14(3)11-13(2)12-20-17/h6-9,11-12,18-19H,5,10H2,1-4H3. The van der Waals surface area contributed by atoms with Crippen molar-refractivity contribution < 1.29 is 4.74 Å². The van der Waals surface area contributed by atoms with E-state index >= 15 is 0 Å². The number of nitrogens with zero attached hydrogens (tertiary/aromatic N) is 1. The summed E-state index contributed by atoms with van der Waals surface area (Å²) in [4.78, 5) is 4.63. The molecule has 2 rings (SSSR count). The minimum absolute atomic E-state index is 0.0404. The Hall–Kier alpha value is -1.87. The van der Waals surface area contributed by atoms with Crippen molar-refractivity contribution in [3.05, 3.63) is 58.9 Å². The lowest BCUT2D eigenvalue weighted by Crippen LogP contribution is -2.21. The van der Waals surface area contributed by atoms with Gasteiger partial charge in [0, 0.05) is 11.8 Å². The van der Waals surface area contributed by atoms with Gasteiger partial charge >= 0.3 is 0 Å². The molecule has 0 aliphatic rings. The number of para-hydroxylation sites is 1. The maximum absolute atomic E-state index is 5.89. The van der Waals surface area contributed by atoms with Crippen LogP contribution in [0, 0.1) is 13.8 Å². The van der Waals surface area contributed by atoms with Crippen molar-refractivity contribution >= 4 is 0 Å². The molecule has 3 nitrogen and oxygen atoms in total. The first-order valence-corrected chi connectivity index (χ1v) is 7.49. The van der Waals surface area contributed by atoms with E-state index in [1.54, 1.807) is 0 Å². The highest BCUT2D eigenvalue weighted by atomic mass is 16.5. The Bertz CT molecular complexity index is 596. The van der Waals surface area contributed by atoms with Crippen LogP contribution < -0.4 is 10.1 Å². The van der Waals surface area contributed by atoms with E-state index in [-0.39, 0.29) is 6.04 Å². The first-order valence-electron chi connectivity index (χ1n) is 7.49. The normalized spacial score (nSPS) is 12.2. The van der Waals surface area contributed by atoms with Crippen LogP contribution >= 0.6 is 0 Å². The van der Waals surface area contributed by atoms with Crippen molar-refractivity contribution in [1.29, 1.82) is 0 Å². The summed E-state index contributed by atoms with van der Waals surface area (Å²) in [6.45, 7) is 7.02. The van der Waals surface area contributed by atoms with Crippen LogP contribution in [0.4, 0.5) is 0 Å². The zero-order valence-corrected chi connectivity index (χ0v) is 13.3. The van der Waals surface area contributed by atoms with Crippen LogP contribution in [0.25, 0.3) is 0 Å². The first-order chi connectivity index (χ1) is 10.2. The number of ether oxygens (including phenoxy) is 1. The molecule has 112 valence electrons. The summed E-state index contributed by atoms with van der Waals surface area (Å²) >= 11 is 0. The third-order valence-corrected chi connectivity index (χ3v) is 3.51. The van der Waals surface area contributed by atoms with Crippen molar-refractivity contribution in [1.82, 2.24) is 10.3 Å². The predicted molar refractivity (Wildman–Crippen MR) is 86.8 cm³/mol. The highest BCUT2D eigenvalue weighted by Gasteiger charge is 2.19. The van der Waals surface area contributed by atoms with Crippen molar-refractivity contribution in [3.8, 4) is 5.75 Å². The fourth-order valence-corrected chi connectivity index (χ4v) is 2.53. The van der Waals surface area contributed by atoms with E-state index in [1.807, 2.05) is 31.4 Å². The lowest BCUT2D eigenvalue weighted by molar-refractivity contribution is 0.312. The molecule has 1 aromatic heterocycles. The Morgan fingerprint density at radius 1 is 1.24 bits per heavy atom. The molecule has 1 unspecified atom stereocenters. The largest absolute Gasteiger partial charge is 0.493 e. The second-order valence-electron chi connectivity index (χ2n) is 5.32. The molecule has 1 aromatic carbocycles. The summed E-state index contributed by atoms with van der Waals surface area (Å²) in [5.74, 6) is 0.931. The van der Waals surface area contributed by atoms with Gasteiger partial charge in [0.25, 0.3) is 0 Å². The number of hydrogen-bond donors (Lipinski definition) is 1. The van der Waals surface area contributed by atoms with E-state index in [9.17, 15) is 0 Å². The summed E-state index contributed by atoms with van der Waals surface area (Å²) in [5.41, 5.74) is 4.56. The molecule has 1 N–H and O–H groups in total. The Labute approximate surface area is 127 Å². The molecule has 2 aromatic rings. The molecule has 0 saturated carbocycles. The number of benzene rings is 1. The second kappa shape index (κ2) is 7.23. The van der Waals surface area contributed by atoms with Crippen molar-refractivity contribution in [3.63, 3.8) is 0 Å². The van der Waals surface area contributed by atoms with E-state index < -0.39 is 0 Å². The van der Waals surface area contributed by atoms with E-state index in [0.29, 0.717) is 0 Å². The molecule has 1 heterocycles. The van der Waals surface area contributed by atoms with Crippen LogP contribution in [0.5, 0.6) is 5.75 Å². The summed E-state index contributed by atoms with van der Waals surface area (Å²) in [6, 6.07) is 10.4. The minimum atomic E-state index is 0.0404. The predicted octanol–water partition coefficient (Wildman–Crippen LogP) is 3.80. The van der Waals surface area contributed by atoms with Gasteiger partial charge in [-0.2, -0.15) is 0 Å². The lowest BCUT2D eigenvalue weighted by atomic mass is 9.98. The van der Waals surface area contributed by atoms with Crippen LogP contribution in [0.2, 0.25) is 0 Å². The molecule has 0 saturated heterocycles. The number of rotatable bonds is 6. The monoisotopic (exact) mass is 284 g/mol. The Morgan fingerprint density at radius 2 is 2.00 bits per heavy atom.